The van der Waals surface area contributed by atoms with E-state index in [-0.39, 0.29) is 30.8 Å². The van der Waals surface area contributed by atoms with Gasteiger partial charge in [-0.05, 0) is 73.5 Å². The Morgan fingerprint density at radius 3 is 2.33 bits per heavy atom. The van der Waals surface area contributed by atoms with Crippen molar-refractivity contribution in [2.45, 2.75) is 45.5 Å². The Kier molecular flexibility index (Phi) is 8.38. The highest BCUT2D eigenvalue weighted by atomic mass is 16.3. The van der Waals surface area contributed by atoms with Crippen LogP contribution in [0, 0.1) is 6.92 Å². The Labute approximate surface area is 245 Å². The minimum atomic E-state index is -1.02. The summed E-state index contributed by atoms with van der Waals surface area (Å²) in [6.07, 6.45) is -0.869. The molecular weight excluding hydrogens is 528 g/mol. The first-order valence-corrected chi connectivity index (χ1v) is 14.2. The smallest absolute Gasteiger partial charge is 0.258 e. The normalized spacial score (nSPS) is 16.5. The lowest BCUT2D eigenvalue weighted by molar-refractivity contribution is -0.128. The number of rotatable bonds is 7. The molecule has 1 aliphatic heterocycles. The number of aryl methyl sites for hydroxylation is 1. The topological polar surface area (TPSA) is 102 Å². The Morgan fingerprint density at radius 2 is 1.60 bits per heavy atom. The standard InChI is InChI=1S/C34H36N4O4/c1-21-17-18-24-11-5-6-13-26(24)28(21)19-37-30-15-9-10-16-31(30)38(20-29(34(37)42)36-32(40)22(2)35-4)33(41)27-14-8-7-12-25(27)23(3)39/h5-18,22-23,29,35,39H,19-20H2,1-4H3,(H,36,40)/t22?,23-,29-/m0/s1. The van der Waals surface area contributed by atoms with Crippen LogP contribution in [0.4, 0.5) is 11.4 Å². The number of hydrogen-bond donors (Lipinski definition) is 3. The molecule has 1 aliphatic rings. The van der Waals surface area contributed by atoms with Gasteiger partial charge in [0, 0.05) is 5.56 Å². The van der Waals surface area contributed by atoms with Crippen LogP contribution in [0.3, 0.4) is 0 Å². The number of nitrogens with zero attached hydrogens (tertiary/aromatic N) is 2. The minimum absolute atomic E-state index is 0.0734. The fourth-order valence-corrected chi connectivity index (χ4v) is 5.49. The molecule has 0 aliphatic carbocycles. The van der Waals surface area contributed by atoms with Gasteiger partial charge in [0.25, 0.3) is 11.8 Å². The van der Waals surface area contributed by atoms with Gasteiger partial charge in [-0.1, -0.05) is 66.7 Å². The molecule has 3 amide bonds. The zero-order chi connectivity index (χ0) is 30.0. The average molecular weight is 565 g/mol. The van der Waals surface area contributed by atoms with Crippen molar-refractivity contribution in [1.29, 1.82) is 0 Å². The van der Waals surface area contributed by atoms with E-state index in [2.05, 4.69) is 16.7 Å². The molecule has 0 spiro atoms. The highest BCUT2D eigenvalue weighted by Gasteiger charge is 2.38. The minimum Gasteiger partial charge on any atom is -0.389 e. The molecule has 216 valence electrons. The fraction of sp³-hybridized carbons (Fsp3) is 0.265. The van der Waals surface area contributed by atoms with E-state index in [1.165, 1.54) is 0 Å². The van der Waals surface area contributed by atoms with Crippen molar-refractivity contribution in [3.05, 3.63) is 107 Å². The van der Waals surface area contributed by atoms with Crippen LogP contribution in [0.15, 0.2) is 84.9 Å². The number of para-hydroxylation sites is 2. The third kappa shape index (κ3) is 5.51. The summed E-state index contributed by atoms with van der Waals surface area (Å²) in [6.45, 7) is 5.53. The number of nitrogens with one attached hydrogen (secondary N) is 2. The first-order chi connectivity index (χ1) is 20.2. The van der Waals surface area contributed by atoms with E-state index in [0.717, 1.165) is 21.9 Å². The van der Waals surface area contributed by atoms with Gasteiger partial charge in [-0.25, -0.2) is 0 Å². The van der Waals surface area contributed by atoms with Crippen LogP contribution in [0.5, 0.6) is 0 Å². The number of carbonyl (C=O) groups excluding carboxylic acids is 3. The van der Waals surface area contributed by atoms with Gasteiger partial charge in [-0.2, -0.15) is 0 Å². The molecule has 0 fully saturated rings. The second-order valence-electron chi connectivity index (χ2n) is 10.7. The van der Waals surface area contributed by atoms with E-state index in [0.29, 0.717) is 22.5 Å². The number of fused-ring (bicyclic) bond motifs is 2. The molecule has 3 N–H and O–H groups in total. The van der Waals surface area contributed by atoms with Crippen LogP contribution in [-0.2, 0) is 16.1 Å². The average Bonchev–Trinajstić information content (AvgIpc) is 3.12. The van der Waals surface area contributed by atoms with Crippen LogP contribution >= 0.6 is 0 Å². The number of likely N-dealkylation sites (N-methyl/N-ethyl adjacent to an activating group) is 1. The molecule has 5 rings (SSSR count). The van der Waals surface area contributed by atoms with Gasteiger partial charge in [-0.15, -0.1) is 0 Å². The van der Waals surface area contributed by atoms with Crippen LogP contribution in [0.1, 0.15) is 47.0 Å². The lowest BCUT2D eigenvalue weighted by Crippen LogP contribution is -2.55. The summed E-state index contributed by atoms with van der Waals surface area (Å²) >= 11 is 0. The monoisotopic (exact) mass is 564 g/mol. The molecule has 3 atom stereocenters. The second-order valence-corrected chi connectivity index (χ2v) is 10.7. The number of amides is 3. The van der Waals surface area contributed by atoms with Gasteiger partial charge in [0.05, 0.1) is 36.6 Å². The molecule has 0 radical (unpaired) electrons. The number of carbonyl (C=O) groups is 3. The molecule has 4 aromatic carbocycles. The van der Waals surface area contributed by atoms with Gasteiger partial charge in [-0.3, -0.25) is 14.4 Å². The maximum Gasteiger partial charge on any atom is 0.258 e. The number of hydrogen-bond acceptors (Lipinski definition) is 5. The summed E-state index contributed by atoms with van der Waals surface area (Å²) in [5.74, 6) is -1.03. The quantitative estimate of drug-likeness (QED) is 0.307. The van der Waals surface area contributed by atoms with Gasteiger partial charge in [0.1, 0.15) is 6.04 Å². The summed E-state index contributed by atoms with van der Waals surface area (Å²) in [5, 5.41) is 18.3. The molecule has 1 heterocycles. The summed E-state index contributed by atoms with van der Waals surface area (Å²) < 4.78 is 0. The van der Waals surface area contributed by atoms with Gasteiger partial charge in [0.15, 0.2) is 0 Å². The number of aliphatic hydroxyl groups is 1. The van der Waals surface area contributed by atoms with Crippen molar-refractivity contribution in [2.75, 3.05) is 23.4 Å². The van der Waals surface area contributed by atoms with Crippen LogP contribution in [0.2, 0.25) is 0 Å². The molecule has 0 aromatic heterocycles. The molecular formula is C34H36N4O4. The van der Waals surface area contributed by atoms with Crippen LogP contribution < -0.4 is 20.4 Å². The Bertz CT molecular complexity index is 1650. The lowest BCUT2D eigenvalue weighted by atomic mass is 9.99. The van der Waals surface area contributed by atoms with E-state index in [1.54, 1.807) is 55.0 Å². The molecule has 8 nitrogen and oxygen atoms in total. The Hall–Kier alpha value is -4.53. The van der Waals surface area contributed by atoms with Crippen LogP contribution in [0.25, 0.3) is 10.8 Å². The highest BCUT2D eigenvalue weighted by Crippen LogP contribution is 2.36. The molecule has 1 unspecified atom stereocenters. The van der Waals surface area contributed by atoms with Gasteiger partial charge >= 0.3 is 0 Å². The lowest BCUT2D eigenvalue weighted by Gasteiger charge is -2.27. The predicted octanol–water partition coefficient (Wildman–Crippen LogP) is 4.49. The van der Waals surface area contributed by atoms with Gasteiger partial charge in [0.2, 0.25) is 5.91 Å². The van der Waals surface area contributed by atoms with E-state index in [9.17, 15) is 19.5 Å². The van der Waals surface area contributed by atoms with Crippen molar-refractivity contribution in [3.8, 4) is 0 Å². The number of anilines is 2. The van der Waals surface area contributed by atoms with E-state index < -0.39 is 18.2 Å². The summed E-state index contributed by atoms with van der Waals surface area (Å²) in [6, 6.07) is 24.8. The van der Waals surface area contributed by atoms with Crippen molar-refractivity contribution in [1.82, 2.24) is 10.6 Å². The molecule has 0 saturated heterocycles. The fourth-order valence-electron chi connectivity index (χ4n) is 5.49. The Morgan fingerprint density at radius 1 is 0.929 bits per heavy atom. The van der Waals surface area contributed by atoms with Gasteiger partial charge < -0.3 is 25.5 Å². The van der Waals surface area contributed by atoms with Crippen molar-refractivity contribution < 1.29 is 19.5 Å². The highest BCUT2D eigenvalue weighted by molar-refractivity contribution is 6.13. The van der Waals surface area contributed by atoms with Crippen molar-refractivity contribution in [3.63, 3.8) is 0 Å². The first-order valence-electron chi connectivity index (χ1n) is 14.2. The number of benzene rings is 4. The molecule has 0 bridgehead atoms. The molecule has 42 heavy (non-hydrogen) atoms. The Balaban J connectivity index is 1.66. The third-order valence-electron chi connectivity index (χ3n) is 8.01. The van der Waals surface area contributed by atoms with Crippen molar-refractivity contribution >= 4 is 39.9 Å². The zero-order valence-corrected chi connectivity index (χ0v) is 24.3. The van der Waals surface area contributed by atoms with E-state index in [1.807, 2.05) is 61.5 Å². The third-order valence-corrected chi connectivity index (χ3v) is 8.01. The SMILES string of the molecule is CNC(C)C(=O)N[C@H]1CN(C(=O)c2ccccc2[C@H](C)O)c2ccccc2N(Cc2c(C)ccc3ccccc23)C1=O. The largest absolute Gasteiger partial charge is 0.389 e. The first kappa shape index (κ1) is 29.0. The molecule has 4 aromatic rings. The second kappa shape index (κ2) is 12.1. The molecule has 0 saturated carbocycles. The number of aliphatic hydroxyl groups excluding tert-OH is 1. The van der Waals surface area contributed by atoms with Crippen molar-refractivity contribution in [2.24, 2.45) is 0 Å². The van der Waals surface area contributed by atoms with Crippen LogP contribution in [-0.4, -0.2) is 48.5 Å². The maximum absolute atomic E-state index is 14.4. The maximum atomic E-state index is 14.4. The summed E-state index contributed by atoms with van der Waals surface area (Å²) in [4.78, 5) is 44.9. The zero-order valence-electron chi connectivity index (χ0n) is 24.3. The predicted molar refractivity (Wildman–Crippen MR) is 166 cm³/mol. The summed E-state index contributed by atoms with van der Waals surface area (Å²) in [5.41, 5.74) is 3.96. The van der Waals surface area contributed by atoms with E-state index in [4.69, 9.17) is 0 Å². The van der Waals surface area contributed by atoms with E-state index >= 15 is 0 Å². The molecule has 8 heteroatoms. The summed E-state index contributed by atoms with van der Waals surface area (Å²) in [7, 11) is 1.67.